The molecule has 1 saturated carbocycles. The van der Waals surface area contributed by atoms with E-state index in [9.17, 15) is 0 Å². The van der Waals surface area contributed by atoms with Gasteiger partial charge in [0.15, 0.2) is 5.82 Å². The van der Waals surface area contributed by atoms with Crippen LogP contribution in [0.2, 0.25) is 0 Å². The zero-order valence-corrected chi connectivity index (χ0v) is 19.6. The van der Waals surface area contributed by atoms with Gasteiger partial charge in [-0.05, 0) is 55.5 Å². The topological polar surface area (TPSA) is 85.2 Å². The largest absolute Gasteiger partial charge is 0.244 e. The molecule has 0 atom stereocenters. The highest BCUT2D eigenvalue weighted by Crippen LogP contribution is 2.33. The Bertz CT molecular complexity index is 1190. The second-order valence-electron chi connectivity index (χ2n) is 9.96. The Kier molecular flexibility index (Phi) is 5.79. The molecule has 1 fully saturated rings. The molecule has 0 bridgehead atoms. The second-order valence-corrected chi connectivity index (χ2v) is 9.96. The molecule has 7 nitrogen and oxygen atoms in total. The minimum absolute atomic E-state index is 0.0985. The fourth-order valence-corrected chi connectivity index (χ4v) is 4.74. The summed E-state index contributed by atoms with van der Waals surface area (Å²) in [5, 5.41) is 19.5. The maximum absolute atomic E-state index is 5.05. The number of hydrogen-bond acceptors (Lipinski definition) is 5. The Labute approximate surface area is 194 Å². The van der Waals surface area contributed by atoms with Crippen LogP contribution >= 0.6 is 0 Å². The lowest BCUT2D eigenvalue weighted by Crippen LogP contribution is -2.26. The zero-order chi connectivity index (χ0) is 22.8. The lowest BCUT2D eigenvalue weighted by Gasteiger charge is -2.22. The van der Waals surface area contributed by atoms with Crippen LogP contribution in [0.4, 0.5) is 0 Å². The van der Waals surface area contributed by atoms with Gasteiger partial charge >= 0.3 is 0 Å². The summed E-state index contributed by atoms with van der Waals surface area (Å²) in [6, 6.07) is 16.8. The zero-order valence-electron chi connectivity index (χ0n) is 19.6. The molecule has 1 aliphatic rings. The van der Waals surface area contributed by atoms with Gasteiger partial charge in [-0.1, -0.05) is 67.8 Å². The Morgan fingerprint density at radius 3 is 2.33 bits per heavy atom. The number of rotatable bonds is 5. The van der Waals surface area contributed by atoms with Crippen LogP contribution in [-0.2, 0) is 12.0 Å². The highest BCUT2D eigenvalue weighted by Gasteiger charge is 2.26. The van der Waals surface area contributed by atoms with Gasteiger partial charge in [0.1, 0.15) is 5.82 Å². The van der Waals surface area contributed by atoms with Crippen LogP contribution in [0.5, 0.6) is 0 Å². The third-order valence-electron chi connectivity index (χ3n) is 6.44. The first-order valence-electron chi connectivity index (χ1n) is 11.9. The van der Waals surface area contributed by atoms with Crippen LogP contribution in [0.15, 0.2) is 48.5 Å². The number of benzene rings is 2. The van der Waals surface area contributed by atoms with Crippen LogP contribution in [0.25, 0.3) is 22.5 Å². The summed E-state index contributed by atoms with van der Waals surface area (Å²) in [4.78, 5) is 5.05. The number of tetrazole rings is 1. The average Bonchev–Trinajstić information content (AvgIpc) is 3.51. The van der Waals surface area contributed by atoms with E-state index >= 15 is 0 Å². The summed E-state index contributed by atoms with van der Waals surface area (Å²) < 4.78 is 2.14. The van der Waals surface area contributed by atoms with Crippen molar-refractivity contribution in [2.75, 3.05) is 0 Å². The summed E-state index contributed by atoms with van der Waals surface area (Å²) in [5.41, 5.74) is 4.30. The van der Waals surface area contributed by atoms with Gasteiger partial charge in [0, 0.05) is 17.9 Å². The minimum atomic E-state index is -0.0985. The summed E-state index contributed by atoms with van der Waals surface area (Å²) in [6.07, 6.45) is 7.10. The Morgan fingerprint density at radius 1 is 0.939 bits per heavy atom. The fourth-order valence-electron chi connectivity index (χ4n) is 4.74. The normalized spacial score (nSPS) is 15.1. The Morgan fingerprint density at radius 2 is 1.67 bits per heavy atom. The molecular weight excluding hydrogens is 410 g/mol. The number of aromatic amines is 1. The van der Waals surface area contributed by atoms with E-state index in [2.05, 4.69) is 76.4 Å². The average molecular weight is 442 g/mol. The molecule has 5 rings (SSSR count). The van der Waals surface area contributed by atoms with Gasteiger partial charge in [0.05, 0.1) is 5.54 Å². The quantitative estimate of drug-likeness (QED) is 0.441. The SMILES string of the molecule is CC(C)(C)n1nc(C2CCCCC2)nc1Cc1ccc(-c2ccccc2-c2nn[nH]n2)cc1. The number of nitrogens with zero attached hydrogens (tertiary/aromatic N) is 6. The number of nitrogens with one attached hydrogen (secondary N) is 1. The van der Waals surface area contributed by atoms with E-state index in [0.29, 0.717) is 11.7 Å². The molecular formula is C26H31N7. The lowest BCUT2D eigenvalue weighted by molar-refractivity contribution is 0.337. The van der Waals surface area contributed by atoms with Gasteiger partial charge < -0.3 is 0 Å². The van der Waals surface area contributed by atoms with Crippen molar-refractivity contribution in [3.8, 4) is 22.5 Å². The van der Waals surface area contributed by atoms with Crippen LogP contribution in [-0.4, -0.2) is 35.4 Å². The van der Waals surface area contributed by atoms with Gasteiger partial charge in [0.2, 0.25) is 5.82 Å². The molecule has 0 radical (unpaired) electrons. The van der Waals surface area contributed by atoms with Crippen LogP contribution in [0.1, 0.15) is 76.0 Å². The standard InChI is InChI=1S/C26H31N7/c1-26(2,3)33-23(27-24(30-33)20-9-5-4-6-10-20)17-18-13-15-19(16-14-18)21-11-7-8-12-22(21)25-28-31-32-29-25/h7-8,11-16,20H,4-6,9-10,17H2,1-3H3,(H,28,29,31,32). The first-order valence-corrected chi connectivity index (χ1v) is 11.9. The van der Waals surface area contributed by atoms with Crippen molar-refractivity contribution in [1.29, 1.82) is 0 Å². The molecule has 33 heavy (non-hydrogen) atoms. The first kappa shape index (κ1) is 21.5. The fraction of sp³-hybridized carbons (Fsp3) is 0.423. The van der Waals surface area contributed by atoms with Gasteiger partial charge in [-0.25, -0.2) is 9.67 Å². The van der Waals surface area contributed by atoms with Crippen molar-refractivity contribution in [3.05, 3.63) is 65.7 Å². The maximum atomic E-state index is 5.05. The molecule has 7 heteroatoms. The molecule has 1 N–H and O–H groups in total. The van der Waals surface area contributed by atoms with E-state index in [1.807, 2.05) is 18.2 Å². The Balaban J connectivity index is 1.42. The van der Waals surface area contributed by atoms with Gasteiger partial charge in [-0.15, -0.1) is 10.2 Å². The third-order valence-corrected chi connectivity index (χ3v) is 6.44. The molecule has 2 aromatic carbocycles. The monoisotopic (exact) mass is 441 g/mol. The van der Waals surface area contributed by atoms with E-state index in [4.69, 9.17) is 10.1 Å². The summed E-state index contributed by atoms with van der Waals surface area (Å²) in [5.74, 6) is 3.18. The first-order chi connectivity index (χ1) is 16.0. The molecule has 4 aromatic rings. The van der Waals surface area contributed by atoms with E-state index in [1.54, 1.807) is 0 Å². The molecule has 170 valence electrons. The molecule has 0 aliphatic heterocycles. The predicted molar refractivity (Wildman–Crippen MR) is 129 cm³/mol. The van der Waals surface area contributed by atoms with Crippen molar-refractivity contribution in [3.63, 3.8) is 0 Å². The van der Waals surface area contributed by atoms with E-state index in [-0.39, 0.29) is 5.54 Å². The van der Waals surface area contributed by atoms with Crippen LogP contribution in [0, 0.1) is 0 Å². The van der Waals surface area contributed by atoms with Gasteiger partial charge in [0.25, 0.3) is 0 Å². The summed E-state index contributed by atoms with van der Waals surface area (Å²) >= 11 is 0. The van der Waals surface area contributed by atoms with Crippen molar-refractivity contribution in [2.45, 2.75) is 70.8 Å². The molecule has 1 aliphatic carbocycles. The van der Waals surface area contributed by atoms with Crippen molar-refractivity contribution < 1.29 is 0 Å². The second kappa shape index (κ2) is 8.89. The molecule has 0 spiro atoms. The van der Waals surface area contributed by atoms with E-state index < -0.39 is 0 Å². The molecule has 0 amide bonds. The maximum Gasteiger partial charge on any atom is 0.205 e. The highest BCUT2D eigenvalue weighted by atomic mass is 15.5. The van der Waals surface area contributed by atoms with Gasteiger partial charge in [-0.2, -0.15) is 10.3 Å². The third kappa shape index (κ3) is 4.58. The van der Waals surface area contributed by atoms with Crippen LogP contribution < -0.4 is 0 Å². The minimum Gasteiger partial charge on any atom is -0.244 e. The van der Waals surface area contributed by atoms with Crippen molar-refractivity contribution >= 4 is 0 Å². The van der Waals surface area contributed by atoms with Crippen molar-refractivity contribution in [2.24, 2.45) is 0 Å². The lowest BCUT2D eigenvalue weighted by atomic mass is 9.89. The van der Waals surface area contributed by atoms with E-state index in [0.717, 1.165) is 34.8 Å². The highest BCUT2D eigenvalue weighted by molar-refractivity contribution is 5.80. The van der Waals surface area contributed by atoms with Gasteiger partial charge in [-0.3, -0.25) is 0 Å². The molecule has 2 heterocycles. The van der Waals surface area contributed by atoms with E-state index in [1.165, 1.54) is 37.7 Å². The molecule has 0 unspecified atom stereocenters. The number of H-pyrrole nitrogens is 1. The smallest absolute Gasteiger partial charge is 0.205 e. The number of hydrogen-bond donors (Lipinski definition) is 1. The summed E-state index contributed by atoms with van der Waals surface area (Å²) in [7, 11) is 0. The predicted octanol–water partition coefficient (Wildman–Crippen LogP) is 5.52. The molecule has 2 aromatic heterocycles. The van der Waals surface area contributed by atoms with Crippen LogP contribution in [0.3, 0.4) is 0 Å². The van der Waals surface area contributed by atoms with Crippen molar-refractivity contribution in [1.82, 2.24) is 35.4 Å². The number of aromatic nitrogens is 7. The molecule has 0 saturated heterocycles. The summed E-state index contributed by atoms with van der Waals surface area (Å²) in [6.45, 7) is 6.61. The Hall–Kier alpha value is -3.35.